The molecule has 2 amide bonds. The Bertz CT molecular complexity index is 1750. The number of amides is 2. The number of aromatic nitrogens is 5. The van der Waals surface area contributed by atoms with Gasteiger partial charge in [0.15, 0.2) is 0 Å². The smallest absolute Gasteiger partial charge is 0.263 e. The average molecular weight is 818 g/mol. The number of rotatable bonds is 13. The van der Waals surface area contributed by atoms with Crippen LogP contribution < -0.4 is 21.8 Å². The lowest BCUT2D eigenvalue weighted by Crippen LogP contribution is -2.39. The largest absolute Gasteiger partial charge is 0.349 e. The van der Waals surface area contributed by atoms with E-state index in [2.05, 4.69) is 52.8 Å². The number of halogens is 2. The molecule has 2 fully saturated rings. The van der Waals surface area contributed by atoms with Gasteiger partial charge in [-0.15, -0.1) is 5.10 Å². The molecule has 3 aromatic rings. The van der Waals surface area contributed by atoms with Crippen LogP contribution in [-0.4, -0.2) is 48.0 Å². The lowest BCUT2D eigenvalue weighted by Gasteiger charge is -2.18. The van der Waals surface area contributed by atoms with Crippen LogP contribution in [0.15, 0.2) is 36.9 Å². The molecule has 0 spiro atoms. The van der Waals surface area contributed by atoms with E-state index in [1.54, 1.807) is 21.3 Å². The van der Waals surface area contributed by atoms with Gasteiger partial charge in [-0.3, -0.25) is 23.9 Å². The maximum atomic E-state index is 13.4. The van der Waals surface area contributed by atoms with Crippen LogP contribution in [0.2, 0.25) is 0 Å². The van der Waals surface area contributed by atoms with E-state index in [1.807, 2.05) is 24.7 Å². The minimum Gasteiger partial charge on any atom is -0.349 e. The lowest BCUT2D eigenvalue weighted by molar-refractivity contribution is 0.0922. The Morgan fingerprint density at radius 3 is 1.62 bits per heavy atom. The number of hydrogen-bond donors (Lipinski definition) is 2. The third-order valence-electron chi connectivity index (χ3n) is 10.3. The number of nitrogens with one attached hydrogen (secondary N) is 2. The van der Waals surface area contributed by atoms with Gasteiger partial charge in [0.25, 0.3) is 22.9 Å². The molecule has 0 aliphatic heterocycles. The zero-order valence-corrected chi connectivity index (χ0v) is 32.6. The molecule has 2 aliphatic rings. The predicted molar refractivity (Wildman–Crippen MR) is 202 cm³/mol. The SMILES string of the molecule is Cc1c(Br)cc(C(=O)NC2CCCCCC2)c(=O)n1CCCCn1cc(CCCn2c(C)c(Br)cc(C(=O)NC3CCCCCC3)c2=O)nn1. The zero-order valence-electron chi connectivity index (χ0n) is 29.4. The molecule has 0 bridgehead atoms. The summed E-state index contributed by atoms with van der Waals surface area (Å²) in [6, 6.07) is 3.55. The fourth-order valence-electron chi connectivity index (χ4n) is 7.20. The van der Waals surface area contributed by atoms with E-state index in [4.69, 9.17) is 0 Å². The van der Waals surface area contributed by atoms with Gasteiger partial charge in [0.1, 0.15) is 11.1 Å². The molecule has 0 saturated heterocycles. The average Bonchev–Trinajstić information content (AvgIpc) is 3.24. The Morgan fingerprint density at radius 1 is 0.700 bits per heavy atom. The van der Waals surface area contributed by atoms with Crippen LogP contribution in [0.3, 0.4) is 0 Å². The summed E-state index contributed by atoms with van der Waals surface area (Å²) in [5.41, 5.74) is 2.25. The van der Waals surface area contributed by atoms with Gasteiger partial charge >= 0.3 is 0 Å². The normalized spacial score (nSPS) is 16.2. The summed E-state index contributed by atoms with van der Waals surface area (Å²) in [6.45, 7) is 5.37. The summed E-state index contributed by atoms with van der Waals surface area (Å²) < 4.78 is 6.66. The van der Waals surface area contributed by atoms with Crippen molar-refractivity contribution in [2.45, 2.75) is 148 Å². The fourth-order valence-corrected chi connectivity index (χ4v) is 8.09. The monoisotopic (exact) mass is 815 g/mol. The number of hydrogen-bond acceptors (Lipinski definition) is 6. The van der Waals surface area contributed by atoms with Crippen LogP contribution in [0.4, 0.5) is 0 Å². The van der Waals surface area contributed by atoms with Crippen molar-refractivity contribution in [2.75, 3.05) is 0 Å². The maximum absolute atomic E-state index is 13.4. The second kappa shape index (κ2) is 18.4. The summed E-state index contributed by atoms with van der Waals surface area (Å²) in [4.78, 5) is 53.0. The van der Waals surface area contributed by atoms with Gasteiger partial charge in [-0.1, -0.05) is 56.6 Å². The first kappa shape index (κ1) is 38.2. The quantitative estimate of drug-likeness (QED) is 0.145. The molecule has 2 N–H and O–H groups in total. The molecule has 0 atom stereocenters. The number of carbonyl (C=O) groups is 2. The van der Waals surface area contributed by atoms with Crippen LogP contribution in [0.1, 0.15) is 134 Å². The van der Waals surface area contributed by atoms with Gasteiger partial charge in [0.2, 0.25) is 0 Å². The van der Waals surface area contributed by atoms with Crippen LogP contribution in [0, 0.1) is 13.8 Å². The fraction of sp³-hybridized carbons (Fsp3) is 0.622. The van der Waals surface area contributed by atoms with Crippen molar-refractivity contribution in [2.24, 2.45) is 0 Å². The molecule has 2 saturated carbocycles. The molecule has 11 nitrogen and oxygen atoms in total. The van der Waals surface area contributed by atoms with Crippen molar-refractivity contribution in [1.29, 1.82) is 0 Å². The Balaban J connectivity index is 1.12. The topological polar surface area (TPSA) is 133 Å². The highest BCUT2D eigenvalue weighted by Crippen LogP contribution is 2.21. The highest BCUT2D eigenvalue weighted by molar-refractivity contribution is 9.10. The summed E-state index contributed by atoms with van der Waals surface area (Å²) >= 11 is 7.12. The minimum atomic E-state index is -0.296. The number of aryl methyl sites for hydroxylation is 2. The van der Waals surface area contributed by atoms with Gasteiger partial charge < -0.3 is 19.8 Å². The second-order valence-electron chi connectivity index (χ2n) is 14.0. The molecule has 272 valence electrons. The first-order chi connectivity index (χ1) is 24.1. The van der Waals surface area contributed by atoms with Crippen molar-refractivity contribution in [1.82, 2.24) is 34.8 Å². The molecule has 2 aliphatic carbocycles. The Kier molecular flexibility index (Phi) is 14.1. The van der Waals surface area contributed by atoms with E-state index >= 15 is 0 Å². The first-order valence-corrected chi connectivity index (χ1v) is 20.0. The van der Waals surface area contributed by atoms with Gasteiger partial charge in [0, 0.05) is 58.2 Å². The van der Waals surface area contributed by atoms with E-state index in [-0.39, 0.29) is 46.1 Å². The number of pyridine rings is 2. The number of nitrogens with zero attached hydrogens (tertiary/aromatic N) is 5. The first-order valence-electron chi connectivity index (χ1n) is 18.4. The number of unbranched alkanes of at least 4 members (excludes halogenated alkanes) is 1. The highest BCUT2D eigenvalue weighted by atomic mass is 79.9. The van der Waals surface area contributed by atoms with Crippen molar-refractivity contribution >= 4 is 43.7 Å². The molecule has 5 rings (SSSR count). The molecule has 50 heavy (non-hydrogen) atoms. The molecular formula is C37H51Br2N7O4. The lowest BCUT2D eigenvalue weighted by atomic mass is 10.1. The van der Waals surface area contributed by atoms with Gasteiger partial charge in [0.05, 0.1) is 5.69 Å². The number of carbonyl (C=O) groups excluding carboxylic acids is 2. The molecule has 0 radical (unpaired) electrons. The Hall–Kier alpha value is -3.06. The Morgan fingerprint density at radius 2 is 1.14 bits per heavy atom. The summed E-state index contributed by atoms with van der Waals surface area (Å²) in [5.74, 6) is -0.586. The van der Waals surface area contributed by atoms with Crippen LogP contribution in [0.25, 0.3) is 0 Å². The molecule has 13 heteroatoms. The summed E-state index contributed by atoms with van der Waals surface area (Å²) in [5, 5.41) is 14.8. The van der Waals surface area contributed by atoms with Crippen molar-refractivity contribution in [3.63, 3.8) is 0 Å². The van der Waals surface area contributed by atoms with Crippen molar-refractivity contribution in [3.05, 3.63) is 76.2 Å². The van der Waals surface area contributed by atoms with E-state index in [0.717, 1.165) is 90.2 Å². The van der Waals surface area contributed by atoms with Crippen molar-refractivity contribution in [3.8, 4) is 0 Å². The van der Waals surface area contributed by atoms with Crippen LogP contribution in [0.5, 0.6) is 0 Å². The van der Waals surface area contributed by atoms with Crippen LogP contribution in [-0.2, 0) is 26.1 Å². The molecule has 3 aromatic heterocycles. The summed E-state index contributed by atoms with van der Waals surface area (Å²) in [7, 11) is 0. The summed E-state index contributed by atoms with van der Waals surface area (Å²) in [6.07, 6.45) is 17.8. The van der Waals surface area contributed by atoms with E-state index in [9.17, 15) is 19.2 Å². The van der Waals surface area contributed by atoms with Crippen molar-refractivity contribution < 1.29 is 9.59 Å². The predicted octanol–water partition coefficient (Wildman–Crippen LogP) is 6.76. The van der Waals surface area contributed by atoms with E-state index in [0.29, 0.717) is 32.5 Å². The Labute approximate surface area is 311 Å². The minimum absolute atomic E-state index is 0.120. The third-order valence-corrected chi connectivity index (χ3v) is 11.9. The second-order valence-corrected chi connectivity index (χ2v) is 15.7. The maximum Gasteiger partial charge on any atom is 0.263 e. The van der Waals surface area contributed by atoms with E-state index < -0.39 is 0 Å². The van der Waals surface area contributed by atoms with Gasteiger partial charge in [-0.05, 0) is 109 Å². The molecule has 0 unspecified atom stereocenters. The molecular weight excluding hydrogens is 766 g/mol. The standard InChI is InChI=1S/C37H51Br2N7O4/c1-25-32(38)22-30(34(47)40-27-14-7-3-4-8-15-27)36(49)45(25)20-12-11-19-44-24-29(42-43-44)18-13-21-46-26(2)33(39)23-31(37(46)50)35(48)41-28-16-9-5-6-10-17-28/h22-24,27-28H,3-21H2,1-2H3,(H,40,47)(H,41,48). The highest BCUT2D eigenvalue weighted by Gasteiger charge is 2.22. The van der Waals surface area contributed by atoms with Crippen LogP contribution >= 0.6 is 31.9 Å². The van der Waals surface area contributed by atoms with Gasteiger partial charge in [-0.25, -0.2) is 0 Å². The van der Waals surface area contributed by atoms with E-state index in [1.165, 1.54) is 25.7 Å². The molecule has 0 aromatic carbocycles. The third kappa shape index (κ3) is 10.0. The van der Waals surface area contributed by atoms with Gasteiger partial charge in [-0.2, -0.15) is 0 Å². The molecule has 3 heterocycles. The zero-order chi connectivity index (χ0) is 35.6.